The summed E-state index contributed by atoms with van der Waals surface area (Å²) in [6.07, 6.45) is 11.0. The molecule has 1 aliphatic rings. The van der Waals surface area contributed by atoms with E-state index >= 15 is 0 Å². The first kappa shape index (κ1) is 16.0. The average Bonchev–Trinajstić information content (AvgIpc) is 2.86. The number of rotatable bonds is 9. The highest BCUT2D eigenvalue weighted by molar-refractivity contribution is 4.80. The molecule has 0 unspecified atom stereocenters. The summed E-state index contributed by atoms with van der Waals surface area (Å²) in [6.45, 7) is 4.76. The van der Waals surface area contributed by atoms with Gasteiger partial charge in [-0.25, -0.2) is 0 Å². The minimum absolute atomic E-state index is 0.147. The fourth-order valence-corrected chi connectivity index (χ4v) is 3.19. The molecule has 108 valence electrons. The van der Waals surface area contributed by atoms with Gasteiger partial charge in [-0.05, 0) is 31.1 Å². The Morgan fingerprint density at radius 3 is 2.17 bits per heavy atom. The van der Waals surface area contributed by atoms with Gasteiger partial charge in [-0.2, -0.15) is 0 Å². The van der Waals surface area contributed by atoms with Crippen molar-refractivity contribution in [2.75, 3.05) is 13.2 Å². The molecular formula is C16H32O2. The molecule has 0 aliphatic heterocycles. The Morgan fingerprint density at radius 1 is 1.06 bits per heavy atom. The zero-order valence-electron chi connectivity index (χ0n) is 12.3. The minimum Gasteiger partial charge on any atom is -0.396 e. The first-order chi connectivity index (χ1) is 8.62. The van der Waals surface area contributed by atoms with Gasteiger partial charge in [-0.1, -0.05) is 52.4 Å². The van der Waals surface area contributed by atoms with Gasteiger partial charge in [-0.3, -0.25) is 0 Å². The lowest BCUT2D eigenvalue weighted by Gasteiger charge is -2.31. The molecule has 2 heteroatoms. The van der Waals surface area contributed by atoms with Crippen molar-refractivity contribution >= 4 is 0 Å². The highest BCUT2D eigenvalue weighted by Gasteiger charge is 2.29. The zero-order valence-corrected chi connectivity index (χ0v) is 12.3. The van der Waals surface area contributed by atoms with Crippen molar-refractivity contribution in [2.24, 2.45) is 17.3 Å². The molecule has 0 amide bonds. The molecule has 0 radical (unpaired) electrons. The van der Waals surface area contributed by atoms with Crippen molar-refractivity contribution in [1.82, 2.24) is 0 Å². The van der Waals surface area contributed by atoms with Crippen molar-refractivity contribution in [1.29, 1.82) is 0 Å². The monoisotopic (exact) mass is 256 g/mol. The maximum atomic E-state index is 9.66. The molecule has 0 spiro atoms. The zero-order chi connectivity index (χ0) is 13.4. The van der Waals surface area contributed by atoms with E-state index in [1.807, 2.05) is 0 Å². The van der Waals surface area contributed by atoms with Crippen LogP contribution in [-0.2, 0) is 0 Å². The molecule has 0 aromatic carbocycles. The number of hydrogen-bond donors (Lipinski definition) is 2. The van der Waals surface area contributed by atoms with E-state index in [1.54, 1.807) is 0 Å². The van der Waals surface area contributed by atoms with Crippen LogP contribution in [0.25, 0.3) is 0 Å². The van der Waals surface area contributed by atoms with E-state index in [2.05, 4.69) is 13.8 Å². The third-order valence-corrected chi connectivity index (χ3v) is 4.72. The summed E-state index contributed by atoms with van der Waals surface area (Å²) >= 11 is 0. The first-order valence-corrected chi connectivity index (χ1v) is 7.83. The van der Waals surface area contributed by atoms with Crippen LogP contribution in [0.4, 0.5) is 0 Å². The van der Waals surface area contributed by atoms with Gasteiger partial charge in [-0.15, -0.1) is 0 Å². The lowest BCUT2D eigenvalue weighted by molar-refractivity contribution is 0.0318. The molecule has 18 heavy (non-hydrogen) atoms. The van der Waals surface area contributed by atoms with E-state index in [0.717, 1.165) is 31.1 Å². The predicted octanol–water partition coefficient (Wildman–Crippen LogP) is 3.75. The van der Waals surface area contributed by atoms with Gasteiger partial charge in [0.1, 0.15) is 0 Å². The summed E-state index contributed by atoms with van der Waals surface area (Å²) in [6, 6.07) is 0. The van der Waals surface area contributed by atoms with Crippen LogP contribution in [0.3, 0.4) is 0 Å². The van der Waals surface area contributed by atoms with E-state index in [4.69, 9.17) is 0 Å². The summed E-state index contributed by atoms with van der Waals surface area (Å²) in [4.78, 5) is 0. The van der Waals surface area contributed by atoms with Gasteiger partial charge < -0.3 is 10.2 Å². The highest BCUT2D eigenvalue weighted by Crippen LogP contribution is 2.36. The normalized spacial score (nSPS) is 17.8. The Balaban J connectivity index is 2.34. The molecule has 1 aliphatic carbocycles. The van der Waals surface area contributed by atoms with E-state index < -0.39 is 0 Å². The van der Waals surface area contributed by atoms with Crippen molar-refractivity contribution < 1.29 is 10.2 Å². The molecule has 0 bridgehead atoms. The van der Waals surface area contributed by atoms with Crippen LogP contribution in [-0.4, -0.2) is 23.4 Å². The molecular weight excluding hydrogens is 224 g/mol. The lowest BCUT2D eigenvalue weighted by atomic mass is 9.77. The molecule has 0 heterocycles. The van der Waals surface area contributed by atoms with Gasteiger partial charge in [0.15, 0.2) is 0 Å². The largest absolute Gasteiger partial charge is 0.396 e. The minimum atomic E-state index is -0.211. The molecule has 0 aromatic heterocycles. The molecule has 0 atom stereocenters. The summed E-state index contributed by atoms with van der Waals surface area (Å²) in [5, 5.41) is 19.3. The van der Waals surface area contributed by atoms with Gasteiger partial charge in [0.25, 0.3) is 0 Å². The van der Waals surface area contributed by atoms with Crippen LogP contribution >= 0.6 is 0 Å². The highest BCUT2D eigenvalue weighted by atomic mass is 16.3. The van der Waals surface area contributed by atoms with Crippen molar-refractivity contribution in [3.8, 4) is 0 Å². The standard InChI is InChI=1S/C16H32O2/c1-14(2)6-5-10-16(12-17,13-18)11-9-15-7-3-4-8-15/h14-15,17-18H,3-13H2,1-2H3. The van der Waals surface area contributed by atoms with Crippen molar-refractivity contribution in [3.63, 3.8) is 0 Å². The van der Waals surface area contributed by atoms with Gasteiger partial charge >= 0.3 is 0 Å². The van der Waals surface area contributed by atoms with Crippen LogP contribution < -0.4 is 0 Å². The molecule has 1 saturated carbocycles. The Bertz CT molecular complexity index is 203. The number of aliphatic hydroxyl groups excluding tert-OH is 2. The predicted molar refractivity (Wildman–Crippen MR) is 76.5 cm³/mol. The molecule has 0 aromatic rings. The summed E-state index contributed by atoms with van der Waals surface area (Å²) in [7, 11) is 0. The lowest BCUT2D eigenvalue weighted by Crippen LogP contribution is -2.30. The molecule has 2 N–H and O–H groups in total. The maximum absolute atomic E-state index is 9.66. The number of aliphatic hydroxyl groups is 2. The molecule has 0 saturated heterocycles. The van der Waals surface area contributed by atoms with Crippen LogP contribution in [0, 0.1) is 17.3 Å². The van der Waals surface area contributed by atoms with Gasteiger partial charge in [0, 0.05) is 5.41 Å². The van der Waals surface area contributed by atoms with Gasteiger partial charge in [0.05, 0.1) is 13.2 Å². The topological polar surface area (TPSA) is 40.5 Å². The van der Waals surface area contributed by atoms with Crippen molar-refractivity contribution in [2.45, 2.75) is 71.6 Å². The second-order valence-corrected chi connectivity index (χ2v) is 6.79. The first-order valence-electron chi connectivity index (χ1n) is 7.83. The average molecular weight is 256 g/mol. The maximum Gasteiger partial charge on any atom is 0.0509 e. The van der Waals surface area contributed by atoms with E-state index in [-0.39, 0.29) is 18.6 Å². The Labute approximate surface area is 113 Å². The van der Waals surface area contributed by atoms with E-state index in [0.29, 0.717) is 0 Å². The fraction of sp³-hybridized carbons (Fsp3) is 1.00. The molecule has 2 nitrogen and oxygen atoms in total. The smallest absolute Gasteiger partial charge is 0.0509 e. The van der Waals surface area contributed by atoms with Crippen LogP contribution in [0.1, 0.15) is 71.6 Å². The Morgan fingerprint density at radius 2 is 1.67 bits per heavy atom. The third-order valence-electron chi connectivity index (χ3n) is 4.72. The third kappa shape index (κ3) is 5.27. The SMILES string of the molecule is CC(C)CCCC(CO)(CO)CCC1CCCC1. The molecule has 1 fully saturated rings. The van der Waals surface area contributed by atoms with E-state index in [9.17, 15) is 10.2 Å². The van der Waals surface area contributed by atoms with Crippen LogP contribution in [0.5, 0.6) is 0 Å². The Kier molecular flexibility index (Phi) is 7.25. The van der Waals surface area contributed by atoms with Crippen molar-refractivity contribution in [3.05, 3.63) is 0 Å². The summed E-state index contributed by atoms with van der Waals surface area (Å²) in [5.74, 6) is 1.57. The second kappa shape index (κ2) is 8.16. The Hall–Kier alpha value is -0.0800. The van der Waals surface area contributed by atoms with Crippen LogP contribution in [0.2, 0.25) is 0 Å². The fourth-order valence-electron chi connectivity index (χ4n) is 3.19. The summed E-state index contributed by atoms with van der Waals surface area (Å²) in [5.41, 5.74) is -0.211. The van der Waals surface area contributed by atoms with E-state index in [1.165, 1.54) is 38.5 Å². The van der Waals surface area contributed by atoms with Gasteiger partial charge in [0.2, 0.25) is 0 Å². The molecule has 1 rings (SSSR count). The summed E-state index contributed by atoms with van der Waals surface area (Å²) < 4.78 is 0. The quantitative estimate of drug-likeness (QED) is 0.659. The van der Waals surface area contributed by atoms with Crippen LogP contribution in [0.15, 0.2) is 0 Å². The second-order valence-electron chi connectivity index (χ2n) is 6.79. The number of hydrogen-bond acceptors (Lipinski definition) is 2.